The molecule has 2 N–H and O–H groups in total. The van der Waals surface area contributed by atoms with Gasteiger partial charge in [0, 0.05) is 17.7 Å². The first kappa shape index (κ1) is 11.9. The van der Waals surface area contributed by atoms with E-state index in [0.29, 0.717) is 5.92 Å². The van der Waals surface area contributed by atoms with Gasteiger partial charge in [0.25, 0.3) is 0 Å². The van der Waals surface area contributed by atoms with Crippen molar-refractivity contribution in [3.63, 3.8) is 0 Å². The molecule has 1 aromatic carbocycles. The number of halogens is 1. The largest absolute Gasteiger partial charge is 0.381 e. The molecule has 0 bridgehead atoms. The van der Waals surface area contributed by atoms with Crippen LogP contribution in [0.4, 0.5) is 0 Å². The first-order chi connectivity index (χ1) is 7.75. The van der Waals surface area contributed by atoms with Gasteiger partial charge in [0.2, 0.25) is 0 Å². The number of rotatable bonds is 3. The molecule has 1 aromatic rings. The second-order valence-corrected chi connectivity index (χ2v) is 4.91. The van der Waals surface area contributed by atoms with Crippen LogP contribution in [0.3, 0.4) is 0 Å². The van der Waals surface area contributed by atoms with E-state index < -0.39 is 0 Å². The lowest BCUT2D eigenvalue weighted by molar-refractivity contribution is 0.0450. The summed E-state index contributed by atoms with van der Waals surface area (Å²) in [4.78, 5) is 0. The van der Waals surface area contributed by atoms with E-state index in [1.165, 1.54) is 12.0 Å². The Morgan fingerprint density at radius 2 is 2.38 bits per heavy atom. The SMILES string of the molecule is NC(Cc1cccc(Cl)c1)C1CCCOC1. The summed E-state index contributed by atoms with van der Waals surface area (Å²) < 4.78 is 5.46. The smallest absolute Gasteiger partial charge is 0.0509 e. The second-order valence-electron chi connectivity index (χ2n) is 4.48. The summed E-state index contributed by atoms with van der Waals surface area (Å²) >= 11 is 5.95. The van der Waals surface area contributed by atoms with Crippen molar-refractivity contribution in [3.8, 4) is 0 Å². The summed E-state index contributed by atoms with van der Waals surface area (Å²) in [7, 11) is 0. The zero-order valence-electron chi connectivity index (χ0n) is 9.36. The minimum Gasteiger partial charge on any atom is -0.381 e. The Morgan fingerprint density at radius 3 is 3.06 bits per heavy atom. The van der Waals surface area contributed by atoms with Crippen LogP contribution >= 0.6 is 11.6 Å². The maximum absolute atomic E-state index is 6.21. The molecule has 1 fully saturated rings. The molecule has 1 aliphatic heterocycles. The number of nitrogens with two attached hydrogens (primary N) is 1. The maximum Gasteiger partial charge on any atom is 0.0509 e. The van der Waals surface area contributed by atoms with Crippen molar-refractivity contribution >= 4 is 11.6 Å². The molecule has 1 heterocycles. The standard InChI is InChI=1S/C13H18ClNO/c14-12-5-1-3-10(7-12)8-13(15)11-4-2-6-16-9-11/h1,3,5,7,11,13H,2,4,6,8-9,15H2. The van der Waals surface area contributed by atoms with Gasteiger partial charge >= 0.3 is 0 Å². The zero-order chi connectivity index (χ0) is 11.4. The minimum atomic E-state index is 0.179. The Bertz CT molecular complexity index is 336. The van der Waals surface area contributed by atoms with E-state index in [4.69, 9.17) is 22.1 Å². The maximum atomic E-state index is 6.21. The predicted molar refractivity (Wildman–Crippen MR) is 66.7 cm³/mol. The summed E-state index contributed by atoms with van der Waals surface area (Å²) in [6.07, 6.45) is 3.20. The van der Waals surface area contributed by atoms with E-state index in [2.05, 4.69) is 6.07 Å². The quantitative estimate of drug-likeness (QED) is 0.880. The molecule has 2 atom stereocenters. The predicted octanol–water partition coefficient (Wildman–Crippen LogP) is 2.64. The third-order valence-corrected chi connectivity index (χ3v) is 3.40. The van der Waals surface area contributed by atoms with Crippen LogP contribution in [0.15, 0.2) is 24.3 Å². The molecule has 2 rings (SSSR count). The van der Waals surface area contributed by atoms with Crippen molar-refractivity contribution in [2.75, 3.05) is 13.2 Å². The van der Waals surface area contributed by atoms with Crippen LogP contribution < -0.4 is 5.73 Å². The molecule has 16 heavy (non-hydrogen) atoms. The van der Waals surface area contributed by atoms with E-state index in [9.17, 15) is 0 Å². The first-order valence-corrected chi connectivity index (χ1v) is 6.21. The molecule has 0 amide bonds. The Kier molecular flexibility index (Phi) is 4.22. The van der Waals surface area contributed by atoms with Gasteiger partial charge in [-0.25, -0.2) is 0 Å². The van der Waals surface area contributed by atoms with Gasteiger partial charge in [-0.05, 0) is 42.9 Å². The van der Waals surface area contributed by atoms with Crippen LogP contribution in [0.1, 0.15) is 18.4 Å². The summed E-state index contributed by atoms with van der Waals surface area (Å²) in [5.41, 5.74) is 7.42. The van der Waals surface area contributed by atoms with Crippen molar-refractivity contribution in [1.29, 1.82) is 0 Å². The Labute approximate surface area is 102 Å². The van der Waals surface area contributed by atoms with Crippen LogP contribution in [0.5, 0.6) is 0 Å². The fourth-order valence-corrected chi connectivity index (χ4v) is 2.42. The molecule has 2 unspecified atom stereocenters. The number of hydrogen-bond donors (Lipinski definition) is 1. The van der Waals surface area contributed by atoms with Crippen molar-refractivity contribution < 1.29 is 4.74 Å². The third kappa shape index (κ3) is 3.21. The third-order valence-electron chi connectivity index (χ3n) is 3.16. The van der Waals surface area contributed by atoms with Gasteiger partial charge in [0.15, 0.2) is 0 Å². The number of ether oxygens (including phenoxy) is 1. The lowest BCUT2D eigenvalue weighted by Crippen LogP contribution is -2.37. The molecule has 1 aliphatic rings. The minimum absolute atomic E-state index is 0.179. The molecule has 0 aliphatic carbocycles. The molecular weight excluding hydrogens is 222 g/mol. The highest BCUT2D eigenvalue weighted by Crippen LogP contribution is 2.20. The van der Waals surface area contributed by atoms with E-state index in [-0.39, 0.29) is 6.04 Å². The molecule has 3 heteroatoms. The van der Waals surface area contributed by atoms with Gasteiger partial charge in [-0.3, -0.25) is 0 Å². The van der Waals surface area contributed by atoms with Crippen LogP contribution in [-0.4, -0.2) is 19.3 Å². The highest BCUT2D eigenvalue weighted by atomic mass is 35.5. The van der Waals surface area contributed by atoms with Gasteiger partial charge in [0.05, 0.1) is 6.61 Å². The molecule has 0 radical (unpaired) electrons. The van der Waals surface area contributed by atoms with Crippen LogP contribution in [0, 0.1) is 5.92 Å². The van der Waals surface area contributed by atoms with Gasteiger partial charge < -0.3 is 10.5 Å². The normalized spacial score (nSPS) is 23.0. The van der Waals surface area contributed by atoms with Crippen LogP contribution in [0.2, 0.25) is 5.02 Å². The molecule has 88 valence electrons. The van der Waals surface area contributed by atoms with Gasteiger partial charge in [-0.15, -0.1) is 0 Å². The average Bonchev–Trinajstić information content (AvgIpc) is 2.30. The first-order valence-electron chi connectivity index (χ1n) is 5.83. The average molecular weight is 240 g/mol. The fraction of sp³-hybridized carbons (Fsp3) is 0.538. The highest BCUT2D eigenvalue weighted by Gasteiger charge is 2.21. The van der Waals surface area contributed by atoms with Gasteiger partial charge in [-0.1, -0.05) is 23.7 Å². The zero-order valence-corrected chi connectivity index (χ0v) is 10.1. The molecule has 0 spiro atoms. The van der Waals surface area contributed by atoms with Crippen molar-refractivity contribution in [2.24, 2.45) is 11.7 Å². The van der Waals surface area contributed by atoms with E-state index >= 15 is 0 Å². The van der Waals surface area contributed by atoms with Crippen molar-refractivity contribution in [3.05, 3.63) is 34.9 Å². The molecule has 1 saturated heterocycles. The Balaban J connectivity index is 1.93. The highest BCUT2D eigenvalue weighted by molar-refractivity contribution is 6.30. The summed E-state index contributed by atoms with van der Waals surface area (Å²) in [6, 6.07) is 8.11. The molecular formula is C13H18ClNO. The van der Waals surface area contributed by atoms with Crippen molar-refractivity contribution in [2.45, 2.75) is 25.3 Å². The second kappa shape index (κ2) is 5.67. The molecule has 0 saturated carbocycles. The lowest BCUT2D eigenvalue weighted by atomic mass is 9.90. The van der Waals surface area contributed by atoms with E-state index in [1.54, 1.807) is 0 Å². The summed E-state index contributed by atoms with van der Waals surface area (Å²) in [6.45, 7) is 1.70. The Hall–Kier alpha value is -0.570. The monoisotopic (exact) mass is 239 g/mol. The topological polar surface area (TPSA) is 35.2 Å². The molecule has 2 nitrogen and oxygen atoms in total. The number of hydrogen-bond acceptors (Lipinski definition) is 2. The fourth-order valence-electron chi connectivity index (χ4n) is 2.21. The summed E-state index contributed by atoms with van der Waals surface area (Å²) in [5, 5.41) is 0.782. The van der Waals surface area contributed by atoms with E-state index in [1.807, 2.05) is 18.2 Å². The van der Waals surface area contributed by atoms with E-state index in [0.717, 1.165) is 31.1 Å². The molecule has 0 aromatic heterocycles. The van der Waals surface area contributed by atoms with Crippen LogP contribution in [0.25, 0.3) is 0 Å². The van der Waals surface area contributed by atoms with Gasteiger partial charge in [0.1, 0.15) is 0 Å². The number of benzene rings is 1. The summed E-state index contributed by atoms with van der Waals surface area (Å²) in [5.74, 6) is 0.493. The van der Waals surface area contributed by atoms with Gasteiger partial charge in [-0.2, -0.15) is 0 Å². The lowest BCUT2D eigenvalue weighted by Gasteiger charge is -2.27. The van der Waals surface area contributed by atoms with Crippen molar-refractivity contribution in [1.82, 2.24) is 0 Å². The Morgan fingerprint density at radius 1 is 1.50 bits per heavy atom. The van der Waals surface area contributed by atoms with Crippen LogP contribution in [-0.2, 0) is 11.2 Å².